The molecule has 0 fully saturated rings. The highest BCUT2D eigenvalue weighted by Gasteiger charge is 2.10. The van der Waals surface area contributed by atoms with Gasteiger partial charge in [-0.1, -0.05) is 22.9 Å². The number of ether oxygens (including phenoxy) is 1. The summed E-state index contributed by atoms with van der Waals surface area (Å²) >= 11 is 3.41. The molecule has 16 heavy (non-hydrogen) atoms. The van der Waals surface area contributed by atoms with E-state index in [4.69, 9.17) is 4.74 Å². The molecule has 3 heteroatoms. The molecule has 0 bridgehead atoms. The van der Waals surface area contributed by atoms with Gasteiger partial charge in [0.2, 0.25) is 0 Å². The van der Waals surface area contributed by atoms with Gasteiger partial charge in [-0.25, -0.2) is 0 Å². The molecule has 0 N–H and O–H groups in total. The van der Waals surface area contributed by atoms with E-state index in [1.54, 1.807) is 0 Å². The molecular weight excluding hydrogens is 268 g/mol. The van der Waals surface area contributed by atoms with Gasteiger partial charge in [-0.05, 0) is 37.1 Å². The summed E-state index contributed by atoms with van der Waals surface area (Å²) in [6, 6.07) is 5.73. The first-order chi connectivity index (χ1) is 7.69. The lowest BCUT2D eigenvalue weighted by molar-refractivity contribution is 0.0971. The van der Waals surface area contributed by atoms with Gasteiger partial charge in [0.1, 0.15) is 0 Å². The lowest BCUT2D eigenvalue weighted by Crippen LogP contribution is -2.05. The Labute approximate surface area is 105 Å². The second-order valence-electron chi connectivity index (χ2n) is 3.61. The molecule has 1 aromatic carbocycles. The van der Waals surface area contributed by atoms with Crippen LogP contribution >= 0.6 is 15.9 Å². The van der Waals surface area contributed by atoms with Crippen LogP contribution in [0.5, 0.6) is 0 Å². The Hall–Kier alpha value is -0.670. The van der Waals surface area contributed by atoms with E-state index in [1.165, 1.54) is 0 Å². The van der Waals surface area contributed by atoms with Crippen molar-refractivity contribution in [2.45, 2.75) is 33.3 Å². The van der Waals surface area contributed by atoms with Gasteiger partial charge >= 0.3 is 0 Å². The normalized spacial score (nSPS) is 10.4. The van der Waals surface area contributed by atoms with Crippen LogP contribution < -0.4 is 0 Å². The van der Waals surface area contributed by atoms with Crippen molar-refractivity contribution in [2.24, 2.45) is 0 Å². The number of hydrogen-bond acceptors (Lipinski definition) is 2. The Morgan fingerprint density at radius 3 is 2.75 bits per heavy atom. The van der Waals surface area contributed by atoms with Crippen molar-refractivity contribution >= 4 is 21.7 Å². The number of carbonyl (C=O) groups excluding carboxylic acids is 1. The van der Waals surface area contributed by atoms with Crippen LogP contribution in [0.1, 0.15) is 42.6 Å². The van der Waals surface area contributed by atoms with Gasteiger partial charge in [0, 0.05) is 23.1 Å². The average Bonchev–Trinajstić information content (AvgIpc) is 2.26. The van der Waals surface area contributed by atoms with Crippen molar-refractivity contribution in [2.75, 3.05) is 6.61 Å². The number of rotatable bonds is 6. The van der Waals surface area contributed by atoms with Gasteiger partial charge in [-0.2, -0.15) is 0 Å². The first-order valence-corrected chi connectivity index (χ1v) is 6.37. The molecule has 0 saturated carbocycles. The topological polar surface area (TPSA) is 26.3 Å². The minimum atomic E-state index is 0.199. The average molecular weight is 285 g/mol. The largest absolute Gasteiger partial charge is 0.377 e. The Kier molecular flexibility index (Phi) is 5.71. The third kappa shape index (κ3) is 3.72. The van der Waals surface area contributed by atoms with E-state index in [0.717, 1.165) is 22.0 Å². The first-order valence-electron chi connectivity index (χ1n) is 5.58. The van der Waals surface area contributed by atoms with Crippen LogP contribution in [0.25, 0.3) is 0 Å². The summed E-state index contributed by atoms with van der Waals surface area (Å²) in [5, 5.41) is 0. The van der Waals surface area contributed by atoms with Gasteiger partial charge < -0.3 is 4.74 Å². The molecule has 0 spiro atoms. The third-order valence-electron chi connectivity index (χ3n) is 2.31. The lowest BCUT2D eigenvalue weighted by atomic mass is 10.0. The van der Waals surface area contributed by atoms with Gasteiger partial charge in [0.25, 0.3) is 0 Å². The Morgan fingerprint density at radius 1 is 1.38 bits per heavy atom. The molecule has 1 aromatic rings. The number of ketones is 1. The maximum atomic E-state index is 11.9. The second-order valence-corrected chi connectivity index (χ2v) is 4.53. The quantitative estimate of drug-likeness (QED) is 0.739. The summed E-state index contributed by atoms with van der Waals surface area (Å²) in [6.07, 6.45) is 1.48. The minimum absolute atomic E-state index is 0.199. The van der Waals surface area contributed by atoms with E-state index in [2.05, 4.69) is 15.9 Å². The standard InChI is InChI=1S/C13H17BrO2/c1-3-5-13(15)12-7-6-11(14)8-10(12)9-16-4-2/h6-8H,3-5,9H2,1-2H3. The van der Waals surface area contributed by atoms with Gasteiger partial charge in [-0.3, -0.25) is 4.79 Å². The van der Waals surface area contributed by atoms with Crippen LogP contribution in [0.4, 0.5) is 0 Å². The zero-order valence-corrected chi connectivity index (χ0v) is 11.3. The highest BCUT2D eigenvalue weighted by Crippen LogP contribution is 2.19. The maximum absolute atomic E-state index is 11.9. The van der Waals surface area contributed by atoms with Crippen molar-refractivity contribution in [1.29, 1.82) is 0 Å². The molecule has 0 heterocycles. The molecule has 0 aliphatic carbocycles. The summed E-state index contributed by atoms with van der Waals surface area (Å²) in [6.45, 7) is 5.12. The number of halogens is 1. The van der Waals surface area contributed by atoms with Crippen molar-refractivity contribution in [1.82, 2.24) is 0 Å². The maximum Gasteiger partial charge on any atom is 0.163 e. The van der Waals surface area contributed by atoms with E-state index in [0.29, 0.717) is 19.6 Å². The molecule has 0 atom stereocenters. The molecule has 0 aliphatic rings. The summed E-state index contributed by atoms with van der Waals surface area (Å²) in [5.74, 6) is 0.199. The van der Waals surface area contributed by atoms with Crippen LogP contribution in [-0.4, -0.2) is 12.4 Å². The number of carbonyl (C=O) groups is 1. The molecule has 0 aliphatic heterocycles. The van der Waals surface area contributed by atoms with E-state index >= 15 is 0 Å². The summed E-state index contributed by atoms with van der Waals surface area (Å²) in [4.78, 5) is 11.9. The number of hydrogen-bond donors (Lipinski definition) is 0. The third-order valence-corrected chi connectivity index (χ3v) is 2.80. The van der Waals surface area contributed by atoms with E-state index < -0.39 is 0 Å². The highest BCUT2D eigenvalue weighted by atomic mass is 79.9. The van der Waals surface area contributed by atoms with Crippen molar-refractivity contribution in [3.63, 3.8) is 0 Å². The van der Waals surface area contributed by atoms with Gasteiger partial charge in [0.05, 0.1) is 6.61 Å². The predicted octanol–water partition coefficient (Wildman–Crippen LogP) is 3.97. The van der Waals surface area contributed by atoms with Crippen LogP contribution in [0, 0.1) is 0 Å². The molecule has 2 nitrogen and oxygen atoms in total. The molecule has 88 valence electrons. The number of benzene rings is 1. The Morgan fingerprint density at radius 2 is 2.12 bits per heavy atom. The van der Waals surface area contributed by atoms with E-state index in [-0.39, 0.29) is 5.78 Å². The van der Waals surface area contributed by atoms with E-state index in [9.17, 15) is 4.79 Å². The molecule has 0 saturated heterocycles. The molecule has 0 radical (unpaired) electrons. The highest BCUT2D eigenvalue weighted by molar-refractivity contribution is 9.10. The molecule has 0 aromatic heterocycles. The number of Topliss-reactive ketones (excluding diaryl/α,β-unsaturated/α-hetero) is 1. The fourth-order valence-electron chi connectivity index (χ4n) is 1.53. The van der Waals surface area contributed by atoms with Crippen LogP contribution in [0.15, 0.2) is 22.7 Å². The first kappa shape index (κ1) is 13.4. The van der Waals surface area contributed by atoms with E-state index in [1.807, 2.05) is 32.0 Å². The SMILES string of the molecule is CCCC(=O)c1ccc(Br)cc1COCC. The second kappa shape index (κ2) is 6.81. The molecule has 0 amide bonds. The van der Waals surface area contributed by atoms with Crippen molar-refractivity contribution < 1.29 is 9.53 Å². The fraction of sp³-hybridized carbons (Fsp3) is 0.462. The van der Waals surface area contributed by atoms with Crippen LogP contribution in [-0.2, 0) is 11.3 Å². The zero-order valence-electron chi connectivity index (χ0n) is 9.75. The van der Waals surface area contributed by atoms with Crippen LogP contribution in [0.3, 0.4) is 0 Å². The summed E-state index contributed by atoms with van der Waals surface area (Å²) in [7, 11) is 0. The Balaban J connectivity index is 2.92. The smallest absolute Gasteiger partial charge is 0.163 e. The molecular formula is C13H17BrO2. The molecule has 1 rings (SSSR count). The lowest BCUT2D eigenvalue weighted by Gasteiger charge is -2.09. The van der Waals surface area contributed by atoms with Crippen molar-refractivity contribution in [3.8, 4) is 0 Å². The Bertz CT molecular complexity index is 361. The summed E-state index contributed by atoms with van der Waals surface area (Å²) in [5.41, 5.74) is 1.76. The van der Waals surface area contributed by atoms with Crippen LogP contribution in [0.2, 0.25) is 0 Å². The zero-order chi connectivity index (χ0) is 12.0. The predicted molar refractivity (Wildman–Crippen MR) is 68.7 cm³/mol. The molecule has 0 unspecified atom stereocenters. The van der Waals surface area contributed by atoms with Crippen molar-refractivity contribution in [3.05, 3.63) is 33.8 Å². The fourth-order valence-corrected chi connectivity index (χ4v) is 1.94. The monoisotopic (exact) mass is 284 g/mol. The minimum Gasteiger partial charge on any atom is -0.377 e. The van der Waals surface area contributed by atoms with Gasteiger partial charge in [-0.15, -0.1) is 0 Å². The van der Waals surface area contributed by atoms with Gasteiger partial charge in [0.15, 0.2) is 5.78 Å². The summed E-state index contributed by atoms with van der Waals surface area (Å²) < 4.78 is 6.35.